The highest BCUT2D eigenvalue weighted by atomic mass is 35.5. The number of nitrogens with zero attached hydrogens (tertiary/aromatic N) is 1. The predicted molar refractivity (Wildman–Crippen MR) is 86.4 cm³/mol. The molecule has 1 aromatic rings. The monoisotopic (exact) mass is 332 g/mol. The molecule has 1 aromatic carbocycles. The summed E-state index contributed by atoms with van der Waals surface area (Å²) in [6.07, 6.45) is 5.92. The zero-order valence-corrected chi connectivity index (χ0v) is 13.3. The summed E-state index contributed by atoms with van der Waals surface area (Å²) < 4.78 is 4.88. The number of amides is 1. The van der Waals surface area contributed by atoms with Gasteiger partial charge in [0.05, 0.1) is 6.07 Å². The summed E-state index contributed by atoms with van der Waals surface area (Å²) in [7, 11) is 0. The topological polar surface area (TPSA) is 79.2 Å². The van der Waals surface area contributed by atoms with E-state index in [2.05, 4.69) is 11.4 Å². The molecule has 1 amide bonds. The molecule has 0 spiro atoms. The van der Waals surface area contributed by atoms with Gasteiger partial charge in [0, 0.05) is 11.1 Å². The van der Waals surface area contributed by atoms with Gasteiger partial charge in [-0.15, -0.1) is 0 Å². The summed E-state index contributed by atoms with van der Waals surface area (Å²) in [5.41, 5.74) is -0.00647. The van der Waals surface area contributed by atoms with Crippen molar-refractivity contribution in [2.75, 3.05) is 6.61 Å². The number of carbonyl (C=O) groups excluding carboxylic acids is 2. The number of nitrogens with one attached hydrogen (secondary N) is 1. The van der Waals surface area contributed by atoms with Crippen LogP contribution in [0.2, 0.25) is 5.02 Å². The zero-order chi connectivity index (χ0) is 16.7. The Hall–Kier alpha value is -2.32. The third-order valence-electron chi connectivity index (χ3n) is 3.68. The first-order valence-corrected chi connectivity index (χ1v) is 7.73. The Morgan fingerprint density at radius 2 is 1.96 bits per heavy atom. The van der Waals surface area contributed by atoms with Crippen LogP contribution in [0.3, 0.4) is 0 Å². The molecule has 1 saturated carbocycles. The van der Waals surface area contributed by atoms with Crippen molar-refractivity contribution in [1.82, 2.24) is 5.32 Å². The Morgan fingerprint density at radius 3 is 2.57 bits per heavy atom. The van der Waals surface area contributed by atoms with Crippen molar-refractivity contribution >= 4 is 29.6 Å². The van der Waals surface area contributed by atoms with Crippen molar-refractivity contribution in [3.05, 3.63) is 40.9 Å². The average molecular weight is 333 g/mol. The molecule has 0 saturated heterocycles. The molecule has 1 N–H and O–H groups in total. The minimum absolute atomic E-state index is 0.396. The van der Waals surface area contributed by atoms with Crippen LogP contribution in [0.1, 0.15) is 31.2 Å². The number of nitriles is 1. The Kier molecular flexibility index (Phi) is 5.78. The molecule has 0 unspecified atom stereocenters. The fraction of sp³-hybridized carbons (Fsp3) is 0.353. The van der Waals surface area contributed by atoms with E-state index in [4.69, 9.17) is 16.3 Å². The fourth-order valence-electron chi connectivity index (χ4n) is 2.47. The second-order valence-corrected chi connectivity index (χ2v) is 5.88. The standard InChI is InChI=1S/C17H17ClN2O3/c18-14-6-3-13(4-7-14)5-8-16(22)23-11-15(21)20-17(12-19)9-1-2-10-17/h3-8H,1-2,9-11H2,(H,20,21)/b8-5+. The van der Waals surface area contributed by atoms with Gasteiger partial charge in [0.15, 0.2) is 6.61 Å². The maximum atomic E-state index is 11.8. The van der Waals surface area contributed by atoms with Gasteiger partial charge in [-0.1, -0.05) is 23.7 Å². The zero-order valence-electron chi connectivity index (χ0n) is 12.5. The van der Waals surface area contributed by atoms with Gasteiger partial charge in [-0.25, -0.2) is 4.79 Å². The van der Waals surface area contributed by atoms with E-state index >= 15 is 0 Å². The number of halogens is 1. The largest absolute Gasteiger partial charge is 0.452 e. The Bertz CT molecular complexity index is 641. The molecule has 1 fully saturated rings. The number of hydrogen-bond donors (Lipinski definition) is 1. The molecule has 1 aliphatic rings. The summed E-state index contributed by atoms with van der Waals surface area (Å²) in [5.74, 6) is -1.07. The Labute approximate surface area is 139 Å². The Balaban J connectivity index is 1.78. The fourth-order valence-corrected chi connectivity index (χ4v) is 2.60. The molecular weight excluding hydrogens is 316 g/mol. The molecular formula is C17H17ClN2O3. The first-order valence-electron chi connectivity index (χ1n) is 7.36. The molecule has 23 heavy (non-hydrogen) atoms. The van der Waals surface area contributed by atoms with Crippen LogP contribution < -0.4 is 5.32 Å². The van der Waals surface area contributed by atoms with Crippen LogP contribution in [0.25, 0.3) is 6.08 Å². The van der Waals surface area contributed by atoms with E-state index in [1.165, 1.54) is 6.08 Å². The number of rotatable bonds is 5. The molecule has 0 bridgehead atoms. The van der Waals surface area contributed by atoms with E-state index in [1.54, 1.807) is 30.3 Å². The minimum Gasteiger partial charge on any atom is -0.452 e. The molecule has 0 radical (unpaired) electrons. The molecule has 5 nitrogen and oxygen atoms in total. The lowest BCUT2D eigenvalue weighted by Gasteiger charge is -2.21. The smallest absolute Gasteiger partial charge is 0.331 e. The minimum atomic E-state index is -0.803. The van der Waals surface area contributed by atoms with E-state index in [1.807, 2.05) is 0 Å². The number of ether oxygens (including phenoxy) is 1. The van der Waals surface area contributed by atoms with E-state index in [0.717, 1.165) is 18.4 Å². The lowest BCUT2D eigenvalue weighted by Crippen LogP contribution is -2.46. The molecule has 6 heteroatoms. The number of hydrogen-bond acceptors (Lipinski definition) is 4. The van der Waals surface area contributed by atoms with E-state index in [-0.39, 0.29) is 0 Å². The van der Waals surface area contributed by atoms with Crippen LogP contribution in [0, 0.1) is 11.3 Å². The molecule has 0 heterocycles. The van der Waals surface area contributed by atoms with E-state index in [9.17, 15) is 14.9 Å². The average Bonchev–Trinajstić information content (AvgIpc) is 3.01. The van der Waals surface area contributed by atoms with Crippen molar-refractivity contribution in [1.29, 1.82) is 5.26 Å². The summed E-state index contributed by atoms with van der Waals surface area (Å²) >= 11 is 5.77. The lowest BCUT2D eigenvalue weighted by atomic mass is 10.00. The van der Waals surface area contributed by atoms with Gasteiger partial charge in [-0.2, -0.15) is 5.26 Å². The van der Waals surface area contributed by atoms with Crippen LogP contribution in [0.5, 0.6) is 0 Å². The van der Waals surface area contributed by atoms with Crippen LogP contribution in [-0.2, 0) is 14.3 Å². The van der Waals surface area contributed by atoms with E-state index < -0.39 is 24.0 Å². The summed E-state index contributed by atoms with van der Waals surface area (Å²) in [5, 5.41) is 12.5. The second kappa shape index (κ2) is 7.80. The lowest BCUT2D eigenvalue weighted by molar-refractivity contribution is -0.144. The van der Waals surface area contributed by atoms with Crippen molar-refractivity contribution < 1.29 is 14.3 Å². The molecule has 0 atom stereocenters. The second-order valence-electron chi connectivity index (χ2n) is 5.44. The van der Waals surface area contributed by atoms with Gasteiger partial charge >= 0.3 is 5.97 Å². The maximum Gasteiger partial charge on any atom is 0.331 e. The van der Waals surface area contributed by atoms with Crippen LogP contribution in [0.4, 0.5) is 0 Å². The third-order valence-corrected chi connectivity index (χ3v) is 3.93. The van der Waals surface area contributed by atoms with Crippen LogP contribution in [0.15, 0.2) is 30.3 Å². The molecule has 1 aliphatic carbocycles. The Morgan fingerprint density at radius 1 is 1.30 bits per heavy atom. The van der Waals surface area contributed by atoms with Crippen molar-refractivity contribution in [3.8, 4) is 6.07 Å². The van der Waals surface area contributed by atoms with Gasteiger partial charge in [0.1, 0.15) is 5.54 Å². The normalized spacial score (nSPS) is 16.0. The highest BCUT2D eigenvalue weighted by Gasteiger charge is 2.35. The third kappa shape index (κ3) is 5.11. The first kappa shape index (κ1) is 17.0. The van der Waals surface area contributed by atoms with Gasteiger partial charge in [-0.05, 0) is 49.5 Å². The molecule has 2 rings (SSSR count). The molecule has 0 aliphatic heterocycles. The first-order chi connectivity index (χ1) is 11.0. The highest BCUT2D eigenvalue weighted by molar-refractivity contribution is 6.30. The van der Waals surface area contributed by atoms with Gasteiger partial charge in [0.2, 0.25) is 0 Å². The van der Waals surface area contributed by atoms with Gasteiger partial charge in [0.25, 0.3) is 5.91 Å². The summed E-state index contributed by atoms with van der Waals surface area (Å²) in [6.45, 7) is -0.396. The van der Waals surface area contributed by atoms with Crippen molar-refractivity contribution in [2.45, 2.75) is 31.2 Å². The van der Waals surface area contributed by atoms with Crippen LogP contribution in [-0.4, -0.2) is 24.0 Å². The van der Waals surface area contributed by atoms with Gasteiger partial charge in [-0.3, -0.25) is 4.79 Å². The maximum absolute atomic E-state index is 11.8. The van der Waals surface area contributed by atoms with Crippen LogP contribution >= 0.6 is 11.6 Å². The van der Waals surface area contributed by atoms with Crippen molar-refractivity contribution in [3.63, 3.8) is 0 Å². The SMILES string of the molecule is N#CC1(NC(=O)COC(=O)/C=C/c2ccc(Cl)cc2)CCCC1. The highest BCUT2D eigenvalue weighted by Crippen LogP contribution is 2.28. The molecule has 0 aromatic heterocycles. The van der Waals surface area contributed by atoms with Crippen molar-refractivity contribution in [2.24, 2.45) is 0 Å². The quantitative estimate of drug-likeness (QED) is 0.664. The van der Waals surface area contributed by atoms with E-state index in [0.29, 0.717) is 17.9 Å². The number of benzene rings is 1. The number of carbonyl (C=O) groups is 2. The van der Waals surface area contributed by atoms with Gasteiger partial charge < -0.3 is 10.1 Å². The summed E-state index contributed by atoms with van der Waals surface area (Å²) in [4.78, 5) is 23.4. The number of esters is 1. The summed E-state index contributed by atoms with van der Waals surface area (Å²) in [6, 6.07) is 9.09. The molecule has 120 valence electrons. The predicted octanol–water partition coefficient (Wildman–Crippen LogP) is 2.85.